The lowest BCUT2D eigenvalue weighted by Gasteiger charge is -2.33. The Balaban J connectivity index is 1.19. The summed E-state index contributed by atoms with van der Waals surface area (Å²) in [6.07, 6.45) is 17.7. The summed E-state index contributed by atoms with van der Waals surface area (Å²) in [7, 11) is 0. The maximum atomic E-state index is 14.1. The van der Waals surface area contributed by atoms with Gasteiger partial charge in [0.25, 0.3) is 0 Å². The molecule has 2 aliphatic carbocycles. The van der Waals surface area contributed by atoms with E-state index in [4.69, 9.17) is 18.9 Å². The molecule has 274 valence electrons. The van der Waals surface area contributed by atoms with E-state index < -0.39 is 36.1 Å². The van der Waals surface area contributed by atoms with Crippen molar-refractivity contribution in [2.24, 2.45) is 5.92 Å². The number of ether oxygens (including phenoxy) is 4. The van der Waals surface area contributed by atoms with Crippen LogP contribution in [-0.4, -0.2) is 89.8 Å². The quantitative estimate of drug-likeness (QED) is 0.125. The summed E-state index contributed by atoms with van der Waals surface area (Å²) in [6.45, 7) is 4.77. The minimum atomic E-state index is -0.807. The Bertz CT molecular complexity index is 1380. The topological polar surface area (TPSA) is 127 Å². The van der Waals surface area contributed by atoms with Crippen molar-refractivity contribution in [3.8, 4) is 0 Å². The van der Waals surface area contributed by atoms with E-state index in [1.165, 1.54) is 0 Å². The molecule has 50 heavy (non-hydrogen) atoms. The molecule has 7 unspecified atom stereocenters. The molecule has 0 spiro atoms. The number of aliphatic hydroxyl groups is 1. The van der Waals surface area contributed by atoms with Crippen molar-refractivity contribution in [1.82, 2.24) is 10.2 Å². The van der Waals surface area contributed by atoms with E-state index in [2.05, 4.69) is 31.3 Å². The summed E-state index contributed by atoms with van der Waals surface area (Å²) in [6, 6.07) is 6.83. The monoisotopic (exact) mass is 692 g/mol. The van der Waals surface area contributed by atoms with Crippen LogP contribution in [-0.2, 0) is 28.5 Å². The third-order valence-corrected chi connectivity index (χ3v) is 11.0. The highest BCUT2D eigenvalue weighted by molar-refractivity contribution is 5.98. The first-order valence-electron chi connectivity index (χ1n) is 19.2. The number of epoxide rings is 1. The number of carbonyl (C=O) groups is 3. The number of esters is 1. The molecule has 6 rings (SSSR count). The molecule has 0 aromatic heterocycles. The van der Waals surface area contributed by atoms with E-state index in [0.717, 1.165) is 76.2 Å². The Kier molecular flexibility index (Phi) is 12.5. The average Bonchev–Trinajstić information content (AvgIpc) is 3.55. The van der Waals surface area contributed by atoms with Crippen molar-refractivity contribution >= 4 is 23.9 Å². The number of carbonyl (C=O) groups excluding carboxylic acids is 3. The van der Waals surface area contributed by atoms with E-state index >= 15 is 0 Å². The fourth-order valence-electron chi connectivity index (χ4n) is 8.15. The SMILES string of the molecule is CCCCCC1(CCCCC)OC2C=C(C(=O)N3CCCC3C(=O)NCCO)CC(OC(=O)c3ccc(C=CC4CCC5OC5C4)cc3)C2O1. The van der Waals surface area contributed by atoms with Gasteiger partial charge in [-0.25, -0.2) is 4.79 Å². The number of benzene rings is 1. The molecule has 0 bridgehead atoms. The Labute approximate surface area is 296 Å². The first kappa shape index (κ1) is 36.7. The molecule has 2 N–H and O–H groups in total. The van der Waals surface area contributed by atoms with Crippen LogP contribution in [0.5, 0.6) is 0 Å². The van der Waals surface area contributed by atoms with Crippen LogP contribution in [0.2, 0.25) is 0 Å². The van der Waals surface area contributed by atoms with Gasteiger partial charge < -0.3 is 34.3 Å². The summed E-state index contributed by atoms with van der Waals surface area (Å²) in [5.74, 6) is -1.28. The fraction of sp³-hybridized carbons (Fsp3) is 0.675. The molecular weight excluding hydrogens is 636 g/mol. The van der Waals surface area contributed by atoms with Crippen molar-refractivity contribution in [2.45, 2.75) is 146 Å². The normalized spacial score (nSPS) is 29.7. The van der Waals surface area contributed by atoms with Crippen LogP contribution in [0.25, 0.3) is 6.08 Å². The van der Waals surface area contributed by atoms with Crippen molar-refractivity contribution in [3.05, 3.63) is 53.1 Å². The number of rotatable bonds is 16. The van der Waals surface area contributed by atoms with Gasteiger partial charge in [0.1, 0.15) is 24.4 Å². The highest BCUT2D eigenvalue weighted by Gasteiger charge is 2.53. The predicted octanol–water partition coefficient (Wildman–Crippen LogP) is 5.86. The summed E-state index contributed by atoms with van der Waals surface area (Å²) >= 11 is 0. The van der Waals surface area contributed by atoms with Gasteiger partial charge in [-0.3, -0.25) is 9.59 Å². The molecule has 4 fully saturated rings. The Morgan fingerprint density at radius 3 is 2.46 bits per heavy atom. The van der Waals surface area contributed by atoms with Crippen molar-refractivity contribution in [2.75, 3.05) is 19.7 Å². The van der Waals surface area contributed by atoms with Crippen LogP contribution in [0.4, 0.5) is 0 Å². The summed E-state index contributed by atoms with van der Waals surface area (Å²) < 4.78 is 25.4. The van der Waals surface area contributed by atoms with Gasteiger partial charge in [-0.05, 0) is 74.6 Å². The number of likely N-dealkylation sites (tertiary alicyclic amines) is 1. The molecule has 10 heteroatoms. The van der Waals surface area contributed by atoms with Crippen molar-refractivity contribution < 1.29 is 38.4 Å². The smallest absolute Gasteiger partial charge is 0.338 e. The third-order valence-electron chi connectivity index (χ3n) is 11.0. The minimum absolute atomic E-state index is 0.138. The molecule has 1 saturated carbocycles. The van der Waals surface area contributed by atoms with Crippen LogP contribution in [0.3, 0.4) is 0 Å². The third kappa shape index (κ3) is 8.87. The van der Waals surface area contributed by atoms with Crippen LogP contribution >= 0.6 is 0 Å². The highest BCUT2D eigenvalue weighted by atomic mass is 16.8. The van der Waals surface area contributed by atoms with Gasteiger partial charge >= 0.3 is 5.97 Å². The Hall–Kier alpha value is -3.05. The van der Waals surface area contributed by atoms with E-state index in [1.807, 2.05) is 18.2 Å². The van der Waals surface area contributed by atoms with Crippen LogP contribution in [0.1, 0.15) is 120 Å². The second kappa shape index (κ2) is 17.0. The van der Waals surface area contributed by atoms with Gasteiger partial charge in [0.2, 0.25) is 11.8 Å². The molecule has 3 heterocycles. The highest BCUT2D eigenvalue weighted by Crippen LogP contribution is 2.44. The maximum Gasteiger partial charge on any atom is 0.338 e. The van der Waals surface area contributed by atoms with Crippen molar-refractivity contribution in [3.63, 3.8) is 0 Å². The van der Waals surface area contributed by atoms with E-state index in [9.17, 15) is 19.5 Å². The Morgan fingerprint density at radius 1 is 1.00 bits per heavy atom. The summed E-state index contributed by atoms with van der Waals surface area (Å²) in [5.41, 5.74) is 1.93. The number of aliphatic hydroxyl groups excluding tert-OH is 1. The zero-order valence-electron chi connectivity index (χ0n) is 29.9. The molecule has 2 amide bonds. The van der Waals surface area contributed by atoms with Crippen molar-refractivity contribution in [1.29, 1.82) is 0 Å². The fourth-order valence-corrected chi connectivity index (χ4v) is 8.15. The number of nitrogens with one attached hydrogen (secondary N) is 1. The lowest BCUT2D eigenvalue weighted by Crippen LogP contribution is -2.49. The average molecular weight is 693 g/mol. The number of hydrogen-bond donors (Lipinski definition) is 2. The van der Waals surface area contributed by atoms with Crippen LogP contribution < -0.4 is 5.32 Å². The van der Waals surface area contributed by atoms with Gasteiger partial charge in [0.05, 0.1) is 24.4 Å². The lowest BCUT2D eigenvalue weighted by molar-refractivity contribution is -0.190. The summed E-state index contributed by atoms with van der Waals surface area (Å²) in [5, 5.41) is 11.9. The Morgan fingerprint density at radius 2 is 1.76 bits per heavy atom. The molecule has 3 aliphatic heterocycles. The van der Waals surface area contributed by atoms with Crippen LogP contribution in [0, 0.1) is 5.92 Å². The minimum Gasteiger partial charge on any atom is -0.456 e. The molecule has 1 aromatic rings. The number of allylic oxidation sites excluding steroid dienone is 1. The summed E-state index contributed by atoms with van der Waals surface area (Å²) in [4.78, 5) is 42.2. The number of hydrogen-bond acceptors (Lipinski definition) is 8. The largest absolute Gasteiger partial charge is 0.456 e. The number of amides is 2. The van der Waals surface area contributed by atoms with E-state index in [0.29, 0.717) is 48.6 Å². The molecular formula is C40H56N2O8. The number of fused-ring (bicyclic) bond motifs is 2. The van der Waals surface area contributed by atoms with Gasteiger partial charge in [0, 0.05) is 37.9 Å². The van der Waals surface area contributed by atoms with Gasteiger partial charge in [0.15, 0.2) is 5.79 Å². The molecule has 7 atom stereocenters. The van der Waals surface area contributed by atoms with Gasteiger partial charge in [-0.2, -0.15) is 0 Å². The number of unbranched alkanes of at least 4 members (excludes halogenated alkanes) is 4. The zero-order chi connectivity index (χ0) is 35.1. The molecule has 5 aliphatic rings. The van der Waals surface area contributed by atoms with Crippen LogP contribution in [0.15, 0.2) is 42.0 Å². The van der Waals surface area contributed by atoms with E-state index in [1.54, 1.807) is 17.0 Å². The second-order valence-corrected chi connectivity index (χ2v) is 14.8. The first-order valence-corrected chi connectivity index (χ1v) is 19.2. The predicted molar refractivity (Wildman–Crippen MR) is 189 cm³/mol. The lowest BCUT2D eigenvalue weighted by atomic mass is 9.89. The molecule has 3 saturated heterocycles. The van der Waals surface area contributed by atoms with Gasteiger partial charge in [-0.15, -0.1) is 0 Å². The molecule has 1 aromatic carbocycles. The first-order chi connectivity index (χ1) is 24.3. The second-order valence-electron chi connectivity index (χ2n) is 14.8. The van der Waals surface area contributed by atoms with Gasteiger partial charge in [-0.1, -0.05) is 63.8 Å². The number of nitrogens with zero attached hydrogens (tertiary/aromatic N) is 1. The molecule has 0 radical (unpaired) electrons. The maximum absolute atomic E-state index is 14.1. The molecule has 10 nitrogen and oxygen atoms in total. The standard InChI is InChI=1S/C40H56N2O8/c1-3-5-7-19-40(20-8-6-4-2)49-35-26-30(38(45)42-22-9-10-31(42)37(44)41-21-23-43)25-34(36(35)50-40)48-39(46)29-16-13-27(14-17-29)11-12-28-15-18-32-33(24-28)47-32/h11-14,16-17,26,28,31-36,43H,3-10,15,18-25H2,1-2H3,(H,41,44). The zero-order valence-corrected chi connectivity index (χ0v) is 29.9. The van der Waals surface area contributed by atoms with E-state index in [-0.39, 0.29) is 31.4 Å².